The van der Waals surface area contributed by atoms with Gasteiger partial charge in [-0.1, -0.05) is 0 Å². The van der Waals surface area contributed by atoms with Crippen LogP contribution in [-0.4, -0.2) is 15.1 Å². The molecular weight excluding hydrogens is 227 g/mol. The molecule has 2 aromatic heterocycles. The fraction of sp³-hybridized carbons (Fsp3) is 0.0909. The summed E-state index contributed by atoms with van der Waals surface area (Å²) in [5.74, 6) is 0. The Bertz CT molecular complexity index is 484. The molecule has 2 aromatic rings. The molecule has 0 amide bonds. The maximum atomic E-state index is 13.4. The number of thiophene rings is 1. The van der Waals surface area contributed by atoms with Gasteiger partial charge in [0, 0.05) is 22.8 Å². The molecule has 2 heterocycles. The lowest BCUT2D eigenvalue weighted by atomic mass is 10.1. The van der Waals surface area contributed by atoms with Crippen molar-refractivity contribution in [2.24, 2.45) is 0 Å². The minimum Gasteiger partial charge on any atom is -0.516 e. The summed E-state index contributed by atoms with van der Waals surface area (Å²) >= 11 is 1.30. The van der Waals surface area contributed by atoms with Crippen LogP contribution in [0.25, 0.3) is 11.1 Å². The molecule has 0 radical (unpaired) electrons. The van der Waals surface area contributed by atoms with E-state index in [9.17, 15) is 4.39 Å². The Morgan fingerprint density at radius 3 is 2.75 bits per heavy atom. The summed E-state index contributed by atoms with van der Waals surface area (Å²) in [6.07, 6.45) is 5.34. The number of nitrogens with zero attached hydrogens (tertiary/aromatic N) is 2. The first-order valence-electron chi connectivity index (χ1n) is 4.60. The van der Waals surface area contributed by atoms with Gasteiger partial charge in [0.2, 0.25) is 0 Å². The number of aliphatic hydroxyl groups is 1. The first-order valence-corrected chi connectivity index (χ1v) is 5.48. The minimum absolute atomic E-state index is 0.546. The van der Waals surface area contributed by atoms with Crippen molar-refractivity contribution < 1.29 is 9.50 Å². The van der Waals surface area contributed by atoms with Crippen LogP contribution in [0.1, 0.15) is 11.0 Å². The number of alkyl halides is 1. The molecule has 1 atom stereocenters. The number of hydrogen-bond donors (Lipinski definition) is 1. The van der Waals surface area contributed by atoms with Gasteiger partial charge in [0.05, 0.1) is 6.26 Å². The monoisotopic (exact) mass is 236 g/mol. The molecular formula is C11H9FN2OS. The topological polar surface area (TPSA) is 46.0 Å². The van der Waals surface area contributed by atoms with E-state index in [2.05, 4.69) is 9.97 Å². The molecule has 82 valence electrons. The summed E-state index contributed by atoms with van der Waals surface area (Å²) in [6, 6.07) is 1.73. The Balaban J connectivity index is 2.26. The van der Waals surface area contributed by atoms with E-state index in [4.69, 9.17) is 5.11 Å². The molecule has 0 bridgehead atoms. The van der Waals surface area contributed by atoms with Crippen LogP contribution < -0.4 is 0 Å². The highest BCUT2D eigenvalue weighted by Gasteiger charge is 2.10. The summed E-state index contributed by atoms with van der Waals surface area (Å²) < 4.78 is 13.4. The van der Waals surface area contributed by atoms with Gasteiger partial charge < -0.3 is 5.11 Å². The highest BCUT2D eigenvalue weighted by Crippen LogP contribution is 2.30. The van der Waals surface area contributed by atoms with E-state index in [-0.39, 0.29) is 0 Å². The van der Waals surface area contributed by atoms with Crippen molar-refractivity contribution in [2.75, 3.05) is 0 Å². The zero-order valence-electron chi connectivity index (χ0n) is 8.25. The smallest absolute Gasteiger partial charge is 0.156 e. The van der Waals surface area contributed by atoms with Crippen LogP contribution in [-0.2, 0) is 0 Å². The number of hydrogen-bond acceptors (Lipinski definition) is 4. The fourth-order valence-electron chi connectivity index (χ4n) is 1.27. The number of allylic oxidation sites excluding steroid dienone is 1. The average Bonchev–Trinajstić information content (AvgIpc) is 2.80. The lowest BCUT2D eigenvalue weighted by Gasteiger charge is -1.96. The molecule has 0 aromatic carbocycles. The zero-order chi connectivity index (χ0) is 11.4. The number of aromatic nitrogens is 2. The van der Waals surface area contributed by atoms with Crippen molar-refractivity contribution in [1.82, 2.24) is 9.97 Å². The third kappa shape index (κ3) is 2.25. The molecule has 0 saturated heterocycles. The number of aliphatic hydroxyl groups excluding tert-OH is 1. The summed E-state index contributed by atoms with van der Waals surface area (Å²) in [5, 5.41) is 10.3. The summed E-state index contributed by atoms with van der Waals surface area (Å²) in [5.41, 5.74) is 1.74. The maximum Gasteiger partial charge on any atom is 0.156 e. The number of halogens is 1. The van der Waals surface area contributed by atoms with Gasteiger partial charge in [-0.3, -0.25) is 0 Å². The van der Waals surface area contributed by atoms with Crippen LogP contribution in [0.5, 0.6) is 0 Å². The molecule has 3 nitrogen and oxygen atoms in total. The van der Waals surface area contributed by atoms with Crippen molar-refractivity contribution in [1.29, 1.82) is 0 Å². The van der Waals surface area contributed by atoms with Crippen molar-refractivity contribution in [3.8, 4) is 11.1 Å². The van der Waals surface area contributed by atoms with Gasteiger partial charge in [0.15, 0.2) is 6.17 Å². The molecule has 1 N–H and O–H groups in total. The summed E-state index contributed by atoms with van der Waals surface area (Å²) in [7, 11) is 0. The average molecular weight is 236 g/mol. The Morgan fingerprint density at radius 2 is 2.06 bits per heavy atom. The van der Waals surface area contributed by atoms with Gasteiger partial charge in [0.1, 0.15) is 6.33 Å². The van der Waals surface area contributed by atoms with Gasteiger partial charge in [-0.2, -0.15) is 0 Å². The standard InChI is InChI=1S/C11H9FN2OS/c12-10(1-2-15)11-3-8(6-16-11)9-4-13-7-14-5-9/h1-7,10,15H/b2-1-. The Kier molecular flexibility index (Phi) is 3.26. The van der Waals surface area contributed by atoms with Crippen molar-refractivity contribution >= 4 is 11.3 Å². The van der Waals surface area contributed by atoms with E-state index < -0.39 is 6.17 Å². The maximum absolute atomic E-state index is 13.4. The van der Waals surface area contributed by atoms with Crippen molar-refractivity contribution in [3.05, 3.63) is 47.4 Å². The quantitative estimate of drug-likeness (QED) is 0.832. The van der Waals surface area contributed by atoms with Gasteiger partial charge >= 0.3 is 0 Å². The Morgan fingerprint density at radius 1 is 1.31 bits per heavy atom. The SMILES string of the molecule is O/C=C\C(F)c1cc(-c2cncnc2)cs1. The predicted octanol–water partition coefficient (Wildman–Crippen LogP) is 3.29. The van der Waals surface area contributed by atoms with Crippen molar-refractivity contribution in [2.45, 2.75) is 6.17 Å². The molecule has 0 aliphatic heterocycles. The second kappa shape index (κ2) is 4.85. The van der Waals surface area contributed by atoms with Gasteiger partial charge in [-0.25, -0.2) is 14.4 Å². The molecule has 0 fully saturated rings. The van der Waals surface area contributed by atoms with Crippen LogP contribution >= 0.6 is 11.3 Å². The van der Waals surface area contributed by atoms with E-state index in [1.54, 1.807) is 18.5 Å². The van der Waals surface area contributed by atoms with Crippen LogP contribution in [0, 0.1) is 0 Å². The summed E-state index contributed by atoms with van der Waals surface area (Å²) in [6.45, 7) is 0. The molecule has 16 heavy (non-hydrogen) atoms. The molecule has 2 rings (SSSR count). The molecule has 5 heteroatoms. The fourth-order valence-corrected chi connectivity index (χ4v) is 2.14. The lowest BCUT2D eigenvalue weighted by Crippen LogP contribution is -1.82. The highest BCUT2D eigenvalue weighted by atomic mass is 32.1. The number of rotatable bonds is 3. The minimum atomic E-state index is -1.27. The van der Waals surface area contributed by atoms with E-state index in [0.717, 1.165) is 23.5 Å². The van der Waals surface area contributed by atoms with Crippen molar-refractivity contribution in [3.63, 3.8) is 0 Å². The molecule has 1 unspecified atom stereocenters. The van der Waals surface area contributed by atoms with Gasteiger partial charge in [-0.05, 0) is 23.1 Å². The van der Waals surface area contributed by atoms with E-state index in [1.165, 1.54) is 17.7 Å². The van der Waals surface area contributed by atoms with Gasteiger partial charge in [-0.15, -0.1) is 11.3 Å². The lowest BCUT2D eigenvalue weighted by molar-refractivity contribution is 0.401. The van der Waals surface area contributed by atoms with Crippen LogP contribution in [0.3, 0.4) is 0 Å². The Labute approximate surface area is 95.9 Å². The van der Waals surface area contributed by atoms with Gasteiger partial charge in [0.25, 0.3) is 0 Å². The van der Waals surface area contributed by atoms with E-state index in [0.29, 0.717) is 4.88 Å². The second-order valence-corrected chi connectivity index (χ2v) is 4.05. The first kappa shape index (κ1) is 10.8. The normalized spacial score (nSPS) is 13.1. The van der Waals surface area contributed by atoms with E-state index >= 15 is 0 Å². The zero-order valence-corrected chi connectivity index (χ0v) is 9.06. The summed E-state index contributed by atoms with van der Waals surface area (Å²) in [4.78, 5) is 8.34. The van der Waals surface area contributed by atoms with Crippen LogP contribution in [0.15, 0.2) is 42.5 Å². The largest absolute Gasteiger partial charge is 0.516 e. The third-order valence-electron chi connectivity index (χ3n) is 2.04. The van der Waals surface area contributed by atoms with Crippen LogP contribution in [0.2, 0.25) is 0 Å². The Hall–Kier alpha value is -1.75. The first-order chi connectivity index (χ1) is 7.81. The molecule has 0 aliphatic rings. The third-order valence-corrected chi connectivity index (χ3v) is 3.03. The molecule has 0 saturated carbocycles. The molecule has 0 spiro atoms. The second-order valence-electron chi connectivity index (χ2n) is 3.11. The van der Waals surface area contributed by atoms with E-state index in [1.807, 2.05) is 5.38 Å². The van der Waals surface area contributed by atoms with Crippen LogP contribution in [0.4, 0.5) is 4.39 Å². The molecule has 0 aliphatic carbocycles. The highest BCUT2D eigenvalue weighted by molar-refractivity contribution is 7.10. The predicted molar refractivity (Wildman–Crippen MR) is 61.0 cm³/mol.